The highest BCUT2D eigenvalue weighted by molar-refractivity contribution is 6.46. The Morgan fingerprint density at radius 2 is 1.52 bits per heavy atom. The number of carbonyl (C=O) groups is 3. The smallest absolute Gasteiger partial charge is 0.303 e. The molecule has 1 amide bonds. The number of nitrogens with zero attached hydrogens (tertiary/aromatic N) is 1. The highest BCUT2D eigenvalue weighted by Crippen LogP contribution is 2.39. The van der Waals surface area contributed by atoms with Crippen molar-refractivity contribution < 1.29 is 24.6 Å². The second kappa shape index (κ2) is 7.86. The van der Waals surface area contributed by atoms with E-state index in [9.17, 15) is 19.5 Å². The molecule has 138 valence electrons. The number of hydrogen-bond acceptors (Lipinski definition) is 4. The van der Waals surface area contributed by atoms with E-state index in [0.717, 1.165) is 0 Å². The van der Waals surface area contributed by atoms with Crippen molar-refractivity contribution in [2.75, 3.05) is 6.54 Å². The van der Waals surface area contributed by atoms with E-state index in [1.807, 2.05) is 6.07 Å². The van der Waals surface area contributed by atoms with E-state index in [-0.39, 0.29) is 30.7 Å². The molecule has 0 bridgehead atoms. The van der Waals surface area contributed by atoms with E-state index in [2.05, 4.69) is 0 Å². The molecule has 6 heteroatoms. The number of benzene rings is 2. The quantitative estimate of drug-likeness (QED) is 0.466. The summed E-state index contributed by atoms with van der Waals surface area (Å²) < 4.78 is 0. The molecule has 27 heavy (non-hydrogen) atoms. The van der Waals surface area contributed by atoms with Gasteiger partial charge in [0, 0.05) is 18.5 Å². The van der Waals surface area contributed by atoms with Crippen molar-refractivity contribution in [3.63, 3.8) is 0 Å². The van der Waals surface area contributed by atoms with Gasteiger partial charge in [0.2, 0.25) is 0 Å². The van der Waals surface area contributed by atoms with Gasteiger partial charge < -0.3 is 15.1 Å². The number of carbonyl (C=O) groups excluding carboxylic acids is 2. The second-order valence-electron chi connectivity index (χ2n) is 6.27. The molecule has 0 saturated carbocycles. The maximum absolute atomic E-state index is 12.7. The Morgan fingerprint density at radius 1 is 0.926 bits per heavy atom. The van der Waals surface area contributed by atoms with Crippen LogP contribution < -0.4 is 0 Å². The van der Waals surface area contributed by atoms with Crippen LogP contribution in [0.15, 0.2) is 66.2 Å². The Morgan fingerprint density at radius 3 is 2.11 bits per heavy atom. The van der Waals surface area contributed by atoms with Crippen LogP contribution in [0.3, 0.4) is 0 Å². The van der Waals surface area contributed by atoms with Crippen molar-refractivity contribution in [3.8, 4) is 0 Å². The summed E-state index contributed by atoms with van der Waals surface area (Å²) in [5, 5.41) is 19.6. The van der Waals surface area contributed by atoms with Gasteiger partial charge in [0.15, 0.2) is 0 Å². The molecule has 1 atom stereocenters. The number of rotatable bonds is 6. The molecule has 2 aromatic rings. The third-order valence-corrected chi connectivity index (χ3v) is 4.49. The molecule has 1 aliphatic rings. The van der Waals surface area contributed by atoms with Crippen LogP contribution in [0.4, 0.5) is 0 Å². The van der Waals surface area contributed by atoms with E-state index in [4.69, 9.17) is 5.11 Å². The third kappa shape index (κ3) is 3.74. The molecule has 1 saturated heterocycles. The lowest BCUT2D eigenvalue weighted by molar-refractivity contribution is -0.140. The molecule has 1 heterocycles. The molecule has 6 nitrogen and oxygen atoms in total. The second-order valence-corrected chi connectivity index (χ2v) is 6.27. The molecule has 0 radical (unpaired) electrons. The van der Waals surface area contributed by atoms with Crippen LogP contribution in [0.25, 0.3) is 5.76 Å². The highest BCUT2D eigenvalue weighted by Gasteiger charge is 2.45. The molecule has 1 aliphatic heterocycles. The fourth-order valence-corrected chi connectivity index (χ4v) is 3.24. The van der Waals surface area contributed by atoms with E-state index >= 15 is 0 Å². The minimum atomic E-state index is -0.966. The van der Waals surface area contributed by atoms with Gasteiger partial charge in [0.05, 0.1) is 11.6 Å². The molecule has 3 rings (SSSR count). The summed E-state index contributed by atoms with van der Waals surface area (Å²) in [6.45, 7) is 0.113. The lowest BCUT2D eigenvalue weighted by Gasteiger charge is -2.25. The minimum Gasteiger partial charge on any atom is -0.507 e. The number of aliphatic hydroxyl groups is 1. The molecule has 1 fully saturated rings. The van der Waals surface area contributed by atoms with E-state index < -0.39 is 23.7 Å². The summed E-state index contributed by atoms with van der Waals surface area (Å²) in [5.41, 5.74) is 1.15. The summed E-state index contributed by atoms with van der Waals surface area (Å²) in [5.74, 6) is -2.69. The Hall–Kier alpha value is -3.41. The standard InChI is InChI=1S/C21H19NO5/c23-16(24)12-7-13-22-18(14-8-3-1-4-9-14)17(20(26)21(22)27)19(25)15-10-5-2-6-11-15/h1-6,8-11,18,25H,7,12-13H2,(H,23,24). The van der Waals surface area contributed by atoms with Crippen molar-refractivity contribution in [2.24, 2.45) is 0 Å². The zero-order valence-electron chi connectivity index (χ0n) is 14.5. The zero-order valence-corrected chi connectivity index (χ0v) is 14.5. The molecular weight excluding hydrogens is 346 g/mol. The van der Waals surface area contributed by atoms with Gasteiger partial charge in [-0.15, -0.1) is 0 Å². The van der Waals surface area contributed by atoms with Crippen LogP contribution in [-0.4, -0.2) is 39.3 Å². The predicted molar refractivity (Wildman–Crippen MR) is 98.8 cm³/mol. The van der Waals surface area contributed by atoms with Crippen LogP contribution in [0.1, 0.15) is 30.0 Å². The molecular formula is C21H19NO5. The zero-order chi connectivity index (χ0) is 19.4. The van der Waals surface area contributed by atoms with E-state index in [1.165, 1.54) is 4.90 Å². The van der Waals surface area contributed by atoms with Gasteiger partial charge >= 0.3 is 5.97 Å². The minimum absolute atomic E-state index is 0.0210. The summed E-state index contributed by atoms with van der Waals surface area (Å²) in [6, 6.07) is 16.8. The summed E-state index contributed by atoms with van der Waals surface area (Å²) >= 11 is 0. The Kier molecular flexibility index (Phi) is 5.35. The van der Waals surface area contributed by atoms with Crippen LogP contribution >= 0.6 is 0 Å². The highest BCUT2D eigenvalue weighted by atomic mass is 16.4. The molecule has 0 aliphatic carbocycles. The van der Waals surface area contributed by atoms with Crippen molar-refractivity contribution in [1.29, 1.82) is 0 Å². The van der Waals surface area contributed by atoms with Gasteiger partial charge in [-0.1, -0.05) is 60.7 Å². The van der Waals surface area contributed by atoms with Crippen LogP contribution in [0.5, 0.6) is 0 Å². The topological polar surface area (TPSA) is 94.9 Å². The van der Waals surface area contributed by atoms with Crippen LogP contribution in [0.2, 0.25) is 0 Å². The molecule has 0 spiro atoms. The third-order valence-electron chi connectivity index (χ3n) is 4.49. The maximum Gasteiger partial charge on any atom is 0.303 e. The Labute approximate surface area is 156 Å². The van der Waals surface area contributed by atoms with Crippen molar-refractivity contribution >= 4 is 23.4 Å². The SMILES string of the molecule is O=C(O)CCCN1C(=O)C(=O)C(=C(O)c2ccccc2)C1c1ccccc1. The Balaban J connectivity index is 2.07. The van der Waals surface area contributed by atoms with Crippen LogP contribution in [-0.2, 0) is 14.4 Å². The Bertz CT molecular complexity index is 889. The normalized spacial score (nSPS) is 18.7. The first-order chi connectivity index (χ1) is 13.0. The average molecular weight is 365 g/mol. The number of ketones is 1. The van der Waals surface area contributed by atoms with Crippen molar-refractivity contribution in [3.05, 3.63) is 77.4 Å². The first-order valence-corrected chi connectivity index (χ1v) is 8.61. The number of Topliss-reactive ketones (excluding diaryl/α,β-unsaturated/α-hetero) is 1. The maximum atomic E-state index is 12.7. The molecule has 2 aromatic carbocycles. The van der Waals surface area contributed by atoms with Gasteiger partial charge in [-0.25, -0.2) is 0 Å². The largest absolute Gasteiger partial charge is 0.507 e. The van der Waals surface area contributed by atoms with Crippen molar-refractivity contribution in [1.82, 2.24) is 4.90 Å². The first-order valence-electron chi connectivity index (χ1n) is 8.61. The molecule has 2 N–H and O–H groups in total. The van der Waals surface area contributed by atoms with Gasteiger partial charge in [0.1, 0.15) is 5.76 Å². The number of hydrogen-bond donors (Lipinski definition) is 2. The predicted octanol–water partition coefficient (Wildman–Crippen LogP) is 2.97. The number of aliphatic carboxylic acids is 1. The summed E-state index contributed by atoms with van der Waals surface area (Å²) in [4.78, 5) is 37.4. The van der Waals surface area contributed by atoms with E-state index in [0.29, 0.717) is 11.1 Å². The lowest BCUT2D eigenvalue weighted by atomic mass is 9.95. The van der Waals surface area contributed by atoms with Crippen molar-refractivity contribution in [2.45, 2.75) is 18.9 Å². The molecule has 1 unspecified atom stereocenters. The number of amides is 1. The monoisotopic (exact) mass is 365 g/mol. The van der Waals surface area contributed by atoms with Gasteiger partial charge in [-0.05, 0) is 12.0 Å². The molecule has 0 aromatic heterocycles. The van der Waals surface area contributed by atoms with Gasteiger partial charge in [-0.3, -0.25) is 14.4 Å². The fraction of sp³-hybridized carbons (Fsp3) is 0.190. The summed E-state index contributed by atoms with van der Waals surface area (Å²) in [6.07, 6.45) is 0.111. The first kappa shape index (κ1) is 18.4. The lowest BCUT2D eigenvalue weighted by Crippen LogP contribution is -2.31. The fourth-order valence-electron chi connectivity index (χ4n) is 3.24. The number of aliphatic hydroxyl groups excluding tert-OH is 1. The van der Waals surface area contributed by atoms with Gasteiger partial charge in [0.25, 0.3) is 11.7 Å². The number of likely N-dealkylation sites (tertiary alicyclic amines) is 1. The summed E-state index contributed by atoms with van der Waals surface area (Å²) in [7, 11) is 0. The van der Waals surface area contributed by atoms with E-state index in [1.54, 1.807) is 54.6 Å². The number of carboxylic acid groups (broad SMARTS) is 1. The number of carboxylic acids is 1. The average Bonchev–Trinajstić information content (AvgIpc) is 2.93. The van der Waals surface area contributed by atoms with Gasteiger partial charge in [-0.2, -0.15) is 0 Å². The van der Waals surface area contributed by atoms with Crippen LogP contribution in [0, 0.1) is 0 Å².